The number of hydrogen-bond acceptors (Lipinski definition) is 3. The Morgan fingerprint density at radius 3 is 2.21 bits per heavy atom. The number of carboxylic acid groups (broad SMARTS) is 1. The molecule has 6 heteroatoms. The molecule has 0 saturated carbocycles. The van der Waals surface area contributed by atoms with Gasteiger partial charge in [-0.3, -0.25) is 4.79 Å². The fraction of sp³-hybridized carbons (Fsp3) is 0.462. The van der Waals surface area contributed by atoms with Crippen LogP contribution in [0, 0.1) is 11.6 Å². The van der Waals surface area contributed by atoms with E-state index in [2.05, 4.69) is 0 Å². The van der Waals surface area contributed by atoms with Crippen molar-refractivity contribution >= 4 is 11.7 Å². The fourth-order valence-electron chi connectivity index (χ4n) is 1.68. The predicted octanol–water partition coefficient (Wildman–Crippen LogP) is 1.81. The number of para-hydroxylation sites is 1. The van der Waals surface area contributed by atoms with Gasteiger partial charge >= 0.3 is 5.97 Å². The summed E-state index contributed by atoms with van der Waals surface area (Å²) in [6.45, 7) is 1.01. The molecule has 19 heavy (non-hydrogen) atoms. The summed E-state index contributed by atoms with van der Waals surface area (Å²) in [5.74, 6) is -2.35. The quantitative estimate of drug-likeness (QED) is 0.822. The summed E-state index contributed by atoms with van der Waals surface area (Å²) >= 11 is 0. The molecule has 0 atom stereocenters. The lowest BCUT2D eigenvalue weighted by molar-refractivity contribution is -0.136. The largest absolute Gasteiger partial charge is 0.481 e. The van der Waals surface area contributed by atoms with Crippen LogP contribution in [0.3, 0.4) is 0 Å². The van der Waals surface area contributed by atoms with Crippen LogP contribution in [0.2, 0.25) is 0 Å². The molecule has 1 N–H and O–H groups in total. The van der Waals surface area contributed by atoms with Gasteiger partial charge < -0.3 is 14.9 Å². The van der Waals surface area contributed by atoms with Crippen molar-refractivity contribution in [1.82, 2.24) is 4.90 Å². The first kappa shape index (κ1) is 15.4. The highest BCUT2D eigenvalue weighted by molar-refractivity contribution is 5.67. The van der Waals surface area contributed by atoms with Gasteiger partial charge in [0.1, 0.15) is 17.3 Å². The second-order valence-corrected chi connectivity index (χ2v) is 4.50. The number of likely N-dealkylation sites (N-methyl/N-ethyl adjacent to an activating group) is 1. The number of aliphatic carboxylic acids is 1. The van der Waals surface area contributed by atoms with Gasteiger partial charge in [-0.2, -0.15) is 0 Å². The Morgan fingerprint density at radius 1 is 1.16 bits per heavy atom. The molecule has 1 rings (SSSR count). The average Bonchev–Trinajstić information content (AvgIpc) is 2.30. The molecule has 0 aromatic heterocycles. The van der Waals surface area contributed by atoms with Crippen LogP contribution >= 0.6 is 0 Å². The molecule has 0 spiro atoms. The predicted molar refractivity (Wildman–Crippen MR) is 69.4 cm³/mol. The Bertz CT molecular complexity index is 418. The van der Waals surface area contributed by atoms with Gasteiger partial charge in [0.25, 0.3) is 0 Å². The van der Waals surface area contributed by atoms with Crippen molar-refractivity contribution in [3.05, 3.63) is 29.8 Å². The molecular weight excluding hydrogens is 254 g/mol. The Morgan fingerprint density at radius 2 is 1.74 bits per heavy atom. The van der Waals surface area contributed by atoms with Gasteiger partial charge in [-0.15, -0.1) is 0 Å². The summed E-state index contributed by atoms with van der Waals surface area (Å²) in [6.07, 6.45) is -0.165. The first-order valence-electron chi connectivity index (χ1n) is 5.97. The zero-order valence-corrected chi connectivity index (χ0v) is 11.1. The molecule has 1 aromatic rings. The van der Waals surface area contributed by atoms with Crippen molar-refractivity contribution in [1.29, 1.82) is 0 Å². The second kappa shape index (κ2) is 7.04. The standard InChI is InChI=1S/C13H18F2N2O2/c1-16(2)8-9-17(7-6-12(18)19)13-10(14)4-3-5-11(13)15/h3-5H,6-9H2,1-2H3,(H,18,19). The number of carboxylic acids is 1. The van der Waals surface area contributed by atoms with E-state index >= 15 is 0 Å². The van der Waals surface area contributed by atoms with Gasteiger partial charge in [-0.1, -0.05) is 6.07 Å². The fourth-order valence-corrected chi connectivity index (χ4v) is 1.68. The highest BCUT2D eigenvalue weighted by Gasteiger charge is 2.17. The van der Waals surface area contributed by atoms with Crippen molar-refractivity contribution in [2.45, 2.75) is 6.42 Å². The van der Waals surface area contributed by atoms with E-state index in [1.54, 1.807) is 0 Å². The first-order valence-corrected chi connectivity index (χ1v) is 5.97. The number of rotatable bonds is 7. The molecule has 0 radical (unpaired) electrons. The van der Waals surface area contributed by atoms with Crippen LogP contribution in [-0.2, 0) is 4.79 Å². The zero-order chi connectivity index (χ0) is 14.4. The van der Waals surface area contributed by atoms with Crippen molar-refractivity contribution in [3.63, 3.8) is 0 Å². The third-order valence-electron chi connectivity index (χ3n) is 2.67. The van der Waals surface area contributed by atoms with E-state index in [1.165, 1.54) is 23.1 Å². The lowest BCUT2D eigenvalue weighted by Crippen LogP contribution is -2.34. The lowest BCUT2D eigenvalue weighted by atomic mass is 10.2. The van der Waals surface area contributed by atoms with Gasteiger partial charge in [0.2, 0.25) is 0 Å². The maximum Gasteiger partial charge on any atom is 0.305 e. The van der Waals surface area contributed by atoms with E-state index in [0.29, 0.717) is 13.1 Å². The van der Waals surface area contributed by atoms with Crippen molar-refractivity contribution in [2.75, 3.05) is 38.6 Å². The molecular formula is C13H18F2N2O2. The molecule has 0 aliphatic rings. The topological polar surface area (TPSA) is 43.8 Å². The number of hydrogen-bond donors (Lipinski definition) is 1. The van der Waals surface area contributed by atoms with Crippen molar-refractivity contribution in [2.24, 2.45) is 0 Å². The molecule has 1 aromatic carbocycles. The van der Waals surface area contributed by atoms with Crippen molar-refractivity contribution in [3.8, 4) is 0 Å². The Labute approximate surface area is 111 Å². The van der Waals surface area contributed by atoms with Crippen molar-refractivity contribution < 1.29 is 18.7 Å². The Kier molecular flexibility index (Phi) is 5.69. The van der Waals surface area contributed by atoms with E-state index in [1.807, 2.05) is 19.0 Å². The smallest absolute Gasteiger partial charge is 0.305 e. The van der Waals surface area contributed by atoms with E-state index in [0.717, 1.165) is 0 Å². The summed E-state index contributed by atoms with van der Waals surface area (Å²) in [7, 11) is 3.68. The molecule has 0 amide bonds. The van der Waals surface area contributed by atoms with Crippen LogP contribution in [0.15, 0.2) is 18.2 Å². The number of nitrogens with zero attached hydrogens (tertiary/aromatic N) is 2. The molecule has 0 saturated heterocycles. The third-order valence-corrected chi connectivity index (χ3v) is 2.67. The van der Waals surface area contributed by atoms with Crippen LogP contribution in [0.5, 0.6) is 0 Å². The number of carbonyl (C=O) groups is 1. The molecule has 4 nitrogen and oxygen atoms in total. The van der Waals surface area contributed by atoms with E-state index < -0.39 is 17.6 Å². The Balaban J connectivity index is 2.90. The normalized spacial score (nSPS) is 10.8. The molecule has 0 fully saturated rings. The van der Waals surface area contributed by atoms with Gasteiger partial charge in [-0.25, -0.2) is 8.78 Å². The molecule has 0 unspecified atom stereocenters. The average molecular weight is 272 g/mol. The minimum atomic E-state index is -0.994. The maximum atomic E-state index is 13.7. The molecule has 0 aliphatic carbocycles. The molecule has 106 valence electrons. The van der Waals surface area contributed by atoms with Gasteiger partial charge in [0.05, 0.1) is 6.42 Å². The minimum absolute atomic E-state index is 0.0705. The highest BCUT2D eigenvalue weighted by Crippen LogP contribution is 2.23. The second-order valence-electron chi connectivity index (χ2n) is 4.50. The molecule has 0 bridgehead atoms. The highest BCUT2D eigenvalue weighted by atomic mass is 19.1. The molecule has 0 aliphatic heterocycles. The maximum absolute atomic E-state index is 13.7. The third kappa shape index (κ3) is 4.82. The van der Waals surface area contributed by atoms with Gasteiger partial charge in [0.15, 0.2) is 0 Å². The zero-order valence-electron chi connectivity index (χ0n) is 11.1. The SMILES string of the molecule is CN(C)CCN(CCC(=O)O)c1c(F)cccc1F. The minimum Gasteiger partial charge on any atom is -0.481 e. The number of halogens is 2. The van der Waals surface area contributed by atoms with E-state index in [4.69, 9.17) is 5.11 Å². The summed E-state index contributed by atoms with van der Waals surface area (Å²) in [4.78, 5) is 13.9. The number of anilines is 1. The summed E-state index contributed by atoms with van der Waals surface area (Å²) < 4.78 is 27.4. The van der Waals surface area contributed by atoms with E-state index in [9.17, 15) is 13.6 Å². The van der Waals surface area contributed by atoms with Gasteiger partial charge in [-0.05, 0) is 26.2 Å². The summed E-state index contributed by atoms with van der Waals surface area (Å²) in [5, 5.41) is 8.70. The summed E-state index contributed by atoms with van der Waals surface area (Å²) in [5.41, 5.74) is -0.161. The monoisotopic (exact) mass is 272 g/mol. The Hall–Kier alpha value is -1.69. The van der Waals surface area contributed by atoms with Crippen LogP contribution in [0.25, 0.3) is 0 Å². The van der Waals surface area contributed by atoms with Crippen LogP contribution in [-0.4, -0.2) is 49.7 Å². The van der Waals surface area contributed by atoms with E-state index in [-0.39, 0.29) is 18.7 Å². The van der Waals surface area contributed by atoms with Crippen LogP contribution in [0.1, 0.15) is 6.42 Å². The summed E-state index contributed by atoms with van der Waals surface area (Å²) in [6, 6.07) is 3.62. The lowest BCUT2D eigenvalue weighted by Gasteiger charge is -2.26. The van der Waals surface area contributed by atoms with Gasteiger partial charge in [0, 0.05) is 19.6 Å². The van der Waals surface area contributed by atoms with Crippen LogP contribution in [0.4, 0.5) is 14.5 Å². The number of benzene rings is 1. The first-order chi connectivity index (χ1) is 8.91. The van der Waals surface area contributed by atoms with Crippen LogP contribution < -0.4 is 4.90 Å². The molecule has 0 heterocycles.